The van der Waals surface area contributed by atoms with Crippen molar-refractivity contribution in [1.29, 1.82) is 0 Å². The molecule has 2 unspecified atom stereocenters. The van der Waals surface area contributed by atoms with Crippen LogP contribution in [0, 0.1) is 11.7 Å². The molecule has 1 nitrogen and oxygen atoms in total. The van der Waals surface area contributed by atoms with Crippen LogP contribution in [-0.4, -0.2) is 0 Å². The van der Waals surface area contributed by atoms with Crippen molar-refractivity contribution in [2.45, 2.75) is 18.9 Å². The topological polar surface area (TPSA) is 26.0 Å². The van der Waals surface area contributed by atoms with Crippen LogP contribution >= 0.6 is 12.4 Å². The van der Waals surface area contributed by atoms with Crippen LogP contribution in [0.1, 0.15) is 18.9 Å². The molecule has 0 heterocycles. The molecule has 1 aromatic carbocycles. The molecule has 1 aliphatic rings. The maximum absolute atomic E-state index is 12.6. The van der Waals surface area contributed by atoms with Crippen molar-refractivity contribution in [3.63, 3.8) is 0 Å². The Bertz CT molecular complexity index is 298. The summed E-state index contributed by atoms with van der Waals surface area (Å²) in [7, 11) is 0. The van der Waals surface area contributed by atoms with Gasteiger partial charge in [0.15, 0.2) is 0 Å². The smallest absolute Gasteiger partial charge is 0.123 e. The molecule has 0 bridgehead atoms. The van der Waals surface area contributed by atoms with Crippen LogP contribution in [0.25, 0.3) is 0 Å². The summed E-state index contributed by atoms with van der Waals surface area (Å²) in [5, 5.41) is 0. The number of rotatable bonds is 1. The van der Waals surface area contributed by atoms with Gasteiger partial charge in [-0.1, -0.05) is 19.1 Å². The van der Waals surface area contributed by atoms with Gasteiger partial charge < -0.3 is 5.73 Å². The highest BCUT2D eigenvalue weighted by Crippen LogP contribution is 2.48. The van der Waals surface area contributed by atoms with Gasteiger partial charge in [-0.3, -0.25) is 0 Å². The van der Waals surface area contributed by atoms with Gasteiger partial charge in [0.1, 0.15) is 5.82 Å². The van der Waals surface area contributed by atoms with E-state index in [-0.39, 0.29) is 23.8 Å². The van der Waals surface area contributed by atoms with Crippen LogP contribution in [0.15, 0.2) is 24.3 Å². The third-order valence-corrected chi connectivity index (χ3v) is 2.74. The van der Waals surface area contributed by atoms with Crippen molar-refractivity contribution in [1.82, 2.24) is 0 Å². The summed E-state index contributed by atoms with van der Waals surface area (Å²) < 4.78 is 12.6. The Morgan fingerprint density at radius 2 is 1.85 bits per heavy atom. The van der Waals surface area contributed by atoms with E-state index in [4.69, 9.17) is 5.73 Å². The number of halogens is 2. The molecule has 1 aliphatic carbocycles. The summed E-state index contributed by atoms with van der Waals surface area (Å²) in [6.45, 7) is 2.11. The van der Waals surface area contributed by atoms with Gasteiger partial charge in [0.25, 0.3) is 0 Å². The van der Waals surface area contributed by atoms with Gasteiger partial charge in [-0.2, -0.15) is 0 Å². The molecule has 72 valence electrons. The lowest BCUT2D eigenvalue weighted by molar-refractivity contribution is 0.620. The van der Waals surface area contributed by atoms with Gasteiger partial charge in [-0.05, 0) is 30.0 Å². The number of hydrogen-bond donors (Lipinski definition) is 1. The highest BCUT2D eigenvalue weighted by molar-refractivity contribution is 5.85. The fourth-order valence-corrected chi connectivity index (χ4v) is 1.61. The minimum Gasteiger partial charge on any atom is -0.321 e. The van der Waals surface area contributed by atoms with Gasteiger partial charge in [0.2, 0.25) is 0 Å². The van der Waals surface area contributed by atoms with Crippen molar-refractivity contribution in [2.75, 3.05) is 0 Å². The monoisotopic (exact) mass is 201 g/mol. The van der Waals surface area contributed by atoms with Crippen LogP contribution in [0.2, 0.25) is 0 Å². The van der Waals surface area contributed by atoms with Gasteiger partial charge >= 0.3 is 0 Å². The highest BCUT2D eigenvalue weighted by atomic mass is 35.5. The van der Waals surface area contributed by atoms with Gasteiger partial charge in [-0.25, -0.2) is 4.39 Å². The van der Waals surface area contributed by atoms with E-state index in [1.54, 1.807) is 12.1 Å². The molecule has 1 fully saturated rings. The molecular weight excluding hydrogens is 189 g/mol. The average Bonchev–Trinajstić information content (AvgIpc) is 2.62. The highest BCUT2D eigenvalue weighted by Gasteiger charge is 2.48. The van der Waals surface area contributed by atoms with Crippen molar-refractivity contribution >= 4 is 12.4 Å². The molecule has 1 aromatic rings. The zero-order chi connectivity index (χ0) is 8.77. The molecule has 3 heteroatoms. The lowest BCUT2D eigenvalue weighted by atomic mass is 10.0. The van der Waals surface area contributed by atoms with Gasteiger partial charge in [-0.15, -0.1) is 12.4 Å². The predicted molar refractivity (Wildman–Crippen MR) is 53.3 cm³/mol. The maximum atomic E-state index is 12.6. The first-order chi connectivity index (χ1) is 5.63. The zero-order valence-corrected chi connectivity index (χ0v) is 8.27. The van der Waals surface area contributed by atoms with Crippen molar-refractivity contribution in [2.24, 2.45) is 11.7 Å². The minimum absolute atomic E-state index is 0. The van der Waals surface area contributed by atoms with Gasteiger partial charge in [0.05, 0.1) is 0 Å². The SMILES string of the molecule is CC1CC1(N)c1ccc(F)cc1.Cl. The third kappa shape index (κ3) is 1.69. The number of benzene rings is 1. The van der Waals surface area contributed by atoms with E-state index < -0.39 is 0 Å². The summed E-state index contributed by atoms with van der Waals surface area (Å²) in [5.74, 6) is 0.332. The van der Waals surface area contributed by atoms with Gasteiger partial charge in [0, 0.05) is 5.54 Å². The summed E-state index contributed by atoms with van der Waals surface area (Å²) in [4.78, 5) is 0. The van der Waals surface area contributed by atoms with Crippen molar-refractivity contribution in [3.8, 4) is 0 Å². The average molecular weight is 202 g/mol. The van der Waals surface area contributed by atoms with E-state index in [1.165, 1.54) is 12.1 Å². The molecule has 0 saturated heterocycles. The third-order valence-electron chi connectivity index (χ3n) is 2.74. The van der Waals surface area contributed by atoms with E-state index in [1.807, 2.05) is 0 Å². The van der Waals surface area contributed by atoms with Crippen molar-refractivity contribution in [3.05, 3.63) is 35.6 Å². The second-order valence-corrected chi connectivity index (χ2v) is 3.65. The van der Waals surface area contributed by atoms with Crippen LogP contribution in [-0.2, 0) is 5.54 Å². The Balaban J connectivity index is 0.000000845. The fourth-order valence-electron chi connectivity index (χ4n) is 1.61. The summed E-state index contributed by atoms with van der Waals surface area (Å²) in [6.07, 6.45) is 1.01. The lowest BCUT2D eigenvalue weighted by Gasteiger charge is -2.09. The zero-order valence-electron chi connectivity index (χ0n) is 7.46. The Hall–Kier alpha value is -0.600. The molecule has 2 atom stereocenters. The molecule has 0 aliphatic heterocycles. The molecule has 2 N–H and O–H groups in total. The normalized spacial score (nSPS) is 30.8. The Labute approximate surface area is 83.5 Å². The Kier molecular flexibility index (Phi) is 2.64. The molecular formula is C10H13ClFN. The first-order valence-corrected chi connectivity index (χ1v) is 4.18. The molecule has 0 amide bonds. The second kappa shape index (κ2) is 3.28. The standard InChI is InChI=1S/C10H12FN.ClH/c1-7-6-10(7,12)8-2-4-9(11)5-3-8;/h2-5,7H,6,12H2,1H3;1H. The molecule has 0 aromatic heterocycles. The predicted octanol–water partition coefficient (Wildman–Crippen LogP) is 2.44. The fraction of sp³-hybridized carbons (Fsp3) is 0.400. The lowest BCUT2D eigenvalue weighted by Crippen LogP contribution is -2.21. The first kappa shape index (κ1) is 10.5. The number of hydrogen-bond acceptors (Lipinski definition) is 1. The van der Waals surface area contributed by atoms with E-state index in [0.717, 1.165) is 12.0 Å². The van der Waals surface area contributed by atoms with Crippen LogP contribution in [0.3, 0.4) is 0 Å². The van der Waals surface area contributed by atoms with E-state index in [0.29, 0.717) is 5.92 Å². The van der Waals surface area contributed by atoms with Crippen molar-refractivity contribution < 1.29 is 4.39 Å². The molecule has 2 rings (SSSR count). The van der Waals surface area contributed by atoms with E-state index >= 15 is 0 Å². The largest absolute Gasteiger partial charge is 0.321 e. The quantitative estimate of drug-likeness (QED) is 0.742. The molecule has 1 saturated carbocycles. The second-order valence-electron chi connectivity index (χ2n) is 3.65. The van der Waals surface area contributed by atoms with E-state index in [9.17, 15) is 4.39 Å². The van der Waals surface area contributed by atoms with E-state index in [2.05, 4.69) is 6.92 Å². The summed E-state index contributed by atoms with van der Waals surface area (Å²) in [5.41, 5.74) is 6.92. The van der Waals surface area contributed by atoms with Crippen LogP contribution in [0.5, 0.6) is 0 Å². The van der Waals surface area contributed by atoms with Crippen LogP contribution < -0.4 is 5.73 Å². The maximum Gasteiger partial charge on any atom is 0.123 e. The molecule has 13 heavy (non-hydrogen) atoms. The first-order valence-electron chi connectivity index (χ1n) is 4.18. The number of nitrogens with two attached hydrogens (primary N) is 1. The van der Waals surface area contributed by atoms with Crippen LogP contribution in [0.4, 0.5) is 4.39 Å². The molecule has 0 radical (unpaired) electrons. The summed E-state index contributed by atoms with van der Waals surface area (Å²) >= 11 is 0. The molecule has 0 spiro atoms. The Morgan fingerprint density at radius 1 is 1.38 bits per heavy atom. The minimum atomic E-state index is -0.198. The Morgan fingerprint density at radius 3 is 2.23 bits per heavy atom. The summed E-state index contributed by atoms with van der Waals surface area (Å²) in [6, 6.07) is 6.49.